The molecular formula is C15H15N3O2. The summed E-state index contributed by atoms with van der Waals surface area (Å²) in [6.45, 7) is 1.78. The third-order valence-corrected chi connectivity index (χ3v) is 2.67. The number of hydrogen-bond acceptors (Lipinski definition) is 3. The summed E-state index contributed by atoms with van der Waals surface area (Å²) in [5.41, 5.74) is 1.83. The summed E-state index contributed by atoms with van der Waals surface area (Å²) in [5, 5.41) is 5.47. The summed E-state index contributed by atoms with van der Waals surface area (Å²) in [4.78, 5) is 27.1. The summed E-state index contributed by atoms with van der Waals surface area (Å²) in [5.74, 6) is -0.274. The van der Waals surface area contributed by atoms with Gasteiger partial charge in [-0.05, 0) is 36.4 Å². The minimum absolute atomic E-state index is 0.0578. The van der Waals surface area contributed by atoms with Gasteiger partial charge in [-0.1, -0.05) is 6.92 Å². The highest BCUT2D eigenvalue weighted by atomic mass is 16.2. The van der Waals surface area contributed by atoms with E-state index < -0.39 is 0 Å². The van der Waals surface area contributed by atoms with Crippen LogP contribution in [0.2, 0.25) is 0 Å². The molecule has 0 bridgehead atoms. The van der Waals surface area contributed by atoms with Crippen LogP contribution < -0.4 is 10.6 Å². The van der Waals surface area contributed by atoms with Crippen LogP contribution in [0, 0.1) is 0 Å². The van der Waals surface area contributed by atoms with Gasteiger partial charge in [-0.2, -0.15) is 0 Å². The summed E-state index contributed by atoms with van der Waals surface area (Å²) < 4.78 is 0. The number of hydrogen-bond donors (Lipinski definition) is 2. The number of carbonyl (C=O) groups is 2. The largest absolute Gasteiger partial charge is 0.326 e. The molecule has 0 spiro atoms. The average molecular weight is 269 g/mol. The number of rotatable bonds is 4. The molecule has 2 amide bonds. The molecule has 102 valence electrons. The van der Waals surface area contributed by atoms with Gasteiger partial charge < -0.3 is 10.6 Å². The smallest absolute Gasteiger partial charge is 0.255 e. The first-order valence-electron chi connectivity index (χ1n) is 6.30. The summed E-state index contributed by atoms with van der Waals surface area (Å²) in [7, 11) is 0. The van der Waals surface area contributed by atoms with E-state index in [0.29, 0.717) is 23.4 Å². The first kappa shape index (κ1) is 13.7. The summed E-state index contributed by atoms with van der Waals surface area (Å²) in [6, 6.07) is 10.2. The number of nitrogens with one attached hydrogen (secondary N) is 2. The first-order chi connectivity index (χ1) is 9.69. The third-order valence-electron chi connectivity index (χ3n) is 2.67. The summed E-state index contributed by atoms with van der Waals surface area (Å²) >= 11 is 0. The van der Waals surface area contributed by atoms with Crippen LogP contribution in [0.15, 0.2) is 48.8 Å². The van der Waals surface area contributed by atoms with Crippen molar-refractivity contribution in [1.29, 1.82) is 0 Å². The molecule has 1 aromatic carbocycles. The molecule has 1 aromatic heterocycles. The Bertz CT molecular complexity index is 594. The second-order valence-electron chi connectivity index (χ2n) is 4.17. The molecule has 0 radical (unpaired) electrons. The minimum Gasteiger partial charge on any atom is -0.326 e. The van der Waals surface area contributed by atoms with Gasteiger partial charge in [-0.25, -0.2) is 0 Å². The fourth-order valence-electron chi connectivity index (χ4n) is 1.59. The lowest BCUT2D eigenvalue weighted by Crippen LogP contribution is -2.13. The van der Waals surface area contributed by atoms with Crippen LogP contribution in [-0.4, -0.2) is 16.8 Å². The van der Waals surface area contributed by atoms with E-state index in [1.165, 1.54) is 0 Å². The van der Waals surface area contributed by atoms with Crippen molar-refractivity contribution >= 4 is 23.2 Å². The van der Waals surface area contributed by atoms with E-state index >= 15 is 0 Å². The lowest BCUT2D eigenvalue weighted by molar-refractivity contribution is -0.115. The molecule has 2 aromatic rings. The van der Waals surface area contributed by atoms with Crippen LogP contribution in [0.3, 0.4) is 0 Å². The molecule has 2 rings (SSSR count). The van der Waals surface area contributed by atoms with Crippen LogP contribution in [0.4, 0.5) is 11.4 Å². The fraction of sp³-hybridized carbons (Fsp3) is 0.133. The number of nitrogens with zero attached hydrogens (tertiary/aromatic N) is 1. The van der Waals surface area contributed by atoms with Gasteiger partial charge in [-0.15, -0.1) is 0 Å². The van der Waals surface area contributed by atoms with Crippen molar-refractivity contribution in [3.63, 3.8) is 0 Å². The Morgan fingerprint density at radius 3 is 2.40 bits per heavy atom. The second kappa shape index (κ2) is 6.47. The highest BCUT2D eigenvalue weighted by Crippen LogP contribution is 2.12. The van der Waals surface area contributed by atoms with E-state index in [1.54, 1.807) is 55.7 Å². The lowest BCUT2D eigenvalue weighted by Gasteiger charge is -2.06. The Morgan fingerprint density at radius 1 is 1.05 bits per heavy atom. The molecule has 2 N–H and O–H groups in total. The van der Waals surface area contributed by atoms with E-state index in [1.807, 2.05) is 0 Å². The average Bonchev–Trinajstić information content (AvgIpc) is 2.49. The topological polar surface area (TPSA) is 71.1 Å². The molecule has 0 fully saturated rings. The molecule has 20 heavy (non-hydrogen) atoms. The van der Waals surface area contributed by atoms with Crippen molar-refractivity contribution in [3.8, 4) is 0 Å². The predicted molar refractivity (Wildman–Crippen MR) is 77.6 cm³/mol. The molecule has 0 aliphatic rings. The van der Waals surface area contributed by atoms with E-state index in [0.717, 1.165) is 0 Å². The molecule has 5 heteroatoms. The molecule has 0 aliphatic heterocycles. The third kappa shape index (κ3) is 3.65. The minimum atomic E-state index is -0.216. The van der Waals surface area contributed by atoms with Crippen LogP contribution in [0.5, 0.6) is 0 Å². The second-order valence-corrected chi connectivity index (χ2v) is 4.17. The predicted octanol–water partition coefficient (Wildman–Crippen LogP) is 2.68. The highest BCUT2D eigenvalue weighted by molar-refractivity contribution is 6.04. The van der Waals surface area contributed by atoms with Crippen LogP contribution in [0.25, 0.3) is 0 Å². The van der Waals surface area contributed by atoms with Crippen LogP contribution >= 0.6 is 0 Å². The molecule has 0 saturated carbocycles. The van der Waals surface area contributed by atoms with E-state index in [-0.39, 0.29) is 11.8 Å². The maximum absolute atomic E-state index is 12.0. The molecule has 0 unspecified atom stereocenters. The van der Waals surface area contributed by atoms with E-state index in [2.05, 4.69) is 15.6 Å². The van der Waals surface area contributed by atoms with Gasteiger partial charge >= 0.3 is 0 Å². The number of carbonyl (C=O) groups excluding carboxylic acids is 2. The number of benzene rings is 1. The number of amides is 2. The molecule has 0 aliphatic carbocycles. The van der Waals surface area contributed by atoms with Crippen molar-refractivity contribution in [2.45, 2.75) is 13.3 Å². The molecular weight excluding hydrogens is 254 g/mol. The molecule has 5 nitrogen and oxygen atoms in total. The molecule has 0 saturated heterocycles. The zero-order valence-electron chi connectivity index (χ0n) is 11.1. The highest BCUT2D eigenvalue weighted by Gasteiger charge is 2.06. The number of pyridine rings is 1. The van der Waals surface area contributed by atoms with Gasteiger partial charge in [0, 0.05) is 23.9 Å². The van der Waals surface area contributed by atoms with Crippen LogP contribution in [-0.2, 0) is 4.79 Å². The van der Waals surface area contributed by atoms with Gasteiger partial charge in [0.15, 0.2) is 0 Å². The Kier molecular flexibility index (Phi) is 4.44. The molecule has 0 atom stereocenters. The van der Waals surface area contributed by atoms with Gasteiger partial charge in [0.2, 0.25) is 5.91 Å². The van der Waals surface area contributed by atoms with Gasteiger partial charge in [-0.3, -0.25) is 14.6 Å². The van der Waals surface area contributed by atoms with Crippen LogP contribution in [0.1, 0.15) is 23.7 Å². The molecule has 1 heterocycles. The summed E-state index contributed by atoms with van der Waals surface area (Å²) in [6.07, 6.45) is 3.64. The standard InChI is InChI=1S/C15H15N3O2/c1-2-14(19)17-12-7-5-11(6-8-12)15(20)18-13-4-3-9-16-10-13/h3-10H,2H2,1H3,(H,17,19)(H,18,20). The fourth-order valence-corrected chi connectivity index (χ4v) is 1.59. The quantitative estimate of drug-likeness (QED) is 0.896. The lowest BCUT2D eigenvalue weighted by atomic mass is 10.2. The zero-order valence-corrected chi connectivity index (χ0v) is 11.1. The maximum atomic E-state index is 12.0. The normalized spacial score (nSPS) is 9.85. The zero-order chi connectivity index (χ0) is 14.4. The van der Waals surface area contributed by atoms with E-state index in [9.17, 15) is 9.59 Å². The number of aromatic nitrogens is 1. The Morgan fingerprint density at radius 2 is 1.80 bits per heavy atom. The Balaban J connectivity index is 2.02. The van der Waals surface area contributed by atoms with Gasteiger partial charge in [0.1, 0.15) is 0 Å². The Labute approximate surface area is 117 Å². The van der Waals surface area contributed by atoms with Crippen molar-refractivity contribution in [3.05, 3.63) is 54.4 Å². The maximum Gasteiger partial charge on any atom is 0.255 e. The van der Waals surface area contributed by atoms with Gasteiger partial charge in [0.05, 0.1) is 11.9 Å². The van der Waals surface area contributed by atoms with E-state index in [4.69, 9.17) is 0 Å². The first-order valence-corrected chi connectivity index (χ1v) is 6.30. The van der Waals surface area contributed by atoms with Crippen molar-refractivity contribution < 1.29 is 9.59 Å². The Hall–Kier alpha value is -2.69. The monoisotopic (exact) mass is 269 g/mol. The van der Waals surface area contributed by atoms with Crippen molar-refractivity contribution in [2.75, 3.05) is 10.6 Å². The van der Waals surface area contributed by atoms with Crippen molar-refractivity contribution in [1.82, 2.24) is 4.98 Å². The van der Waals surface area contributed by atoms with Crippen molar-refractivity contribution in [2.24, 2.45) is 0 Å². The SMILES string of the molecule is CCC(=O)Nc1ccc(C(=O)Nc2cccnc2)cc1. The van der Waals surface area contributed by atoms with Gasteiger partial charge in [0.25, 0.3) is 5.91 Å². The number of anilines is 2.